The lowest BCUT2D eigenvalue weighted by molar-refractivity contribution is 1.19. The van der Waals surface area contributed by atoms with Crippen molar-refractivity contribution >= 4 is 11.6 Å². The van der Waals surface area contributed by atoms with Crippen LogP contribution in [0, 0.1) is 6.92 Å². The van der Waals surface area contributed by atoms with Crippen molar-refractivity contribution in [2.75, 3.05) is 0 Å². The molecule has 1 aliphatic rings. The maximum Gasteiger partial charge on any atom is -0.00636 e. The fourth-order valence-corrected chi connectivity index (χ4v) is 2.20. The van der Waals surface area contributed by atoms with Gasteiger partial charge in [0.1, 0.15) is 0 Å². The van der Waals surface area contributed by atoms with E-state index in [0.29, 0.717) is 0 Å². The van der Waals surface area contributed by atoms with Gasteiger partial charge < -0.3 is 0 Å². The van der Waals surface area contributed by atoms with Crippen LogP contribution >= 0.6 is 0 Å². The first kappa shape index (κ1) is 9.26. The molecule has 14 heavy (non-hydrogen) atoms. The highest BCUT2D eigenvalue weighted by Gasteiger charge is 2.13. The number of hydrogen-bond acceptors (Lipinski definition) is 0. The third kappa shape index (κ3) is 1.41. The minimum atomic E-state index is 1.11. The van der Waals surface area contributed by atoms with Crippen molar-refractivity contribution in [1.29, 1.82) is 0 Å². The number of rotatable bonds is 0. The first-order chi connectivity index (χ1) is 6.72. The van der Waals surface area contributed by atoms with E-state index in [-0.39, 0.29) is 0 Å². The van der Waals surface area contributed by atoms with Gasteiger partial charge in [-0.15, -0.1) is 0 Å². The van der Waals surface area contributed by atoms with Crippen molar-refractivity contribution in [3.05, 3.63) is 46.5 Å². The minimum Gasteiger partial charge on any atom is -0.0835 e. The molecular weight excluding hydrogens is 168 g/mol. The van der Waals surface area contributed by atoms with Gasteiger partial charge in [-0.2, -0.15) is 0 Å². The van der Waals surface area contributed by atoms with Gasteiger partial charge in [-0.3, -0.25) is 0 Å². The summed E-state index contributed by atoms with van der Waals surface area (Å²) in [7, 11) is 0. The number of allylic oxidation sites excluding steroid dienone is 3. The summed E-state index contributed by atoms with van der Waals surface area (Å²) in [5, 5.41) is 0. The number of benzene rings is 1. The Morgan fingerprint density at radius 3 is 2.71 bits per heavy atom. The topological polar surface area (TPSA) is 0 Å². The molecule has 0 bridgehead atoms. The van der Waals surface area contributed by atoms with Crippen LogP contribution < -0.4 is 0 Å². The van der Waals surface area contributed by atoms with Crippen LogP contribution in [-0.4, -0.2) is 0 Å². The summed E-state index contributed by atoms with van der Waals surface area (Å²) >= 11 is 0. The average Bonchev–Trinajstić information content (AvgIpc) is 2.16. The second kappa shape index (κ2) is 3.45. The normalized spacial score (nSPS) is 17.9. The number of hydrogen-bond donors (Lipinski definition) is 0. The summed E-state index contributed by atoms with van der Waals surface area (Å²) in [6, 6.07) is 6.53. The lowest BCUT2D eigenvalue weighted by Crippen LogP contribution is -1.99. The van der Waals surface area contributed by atoms with Crippen LogP contribution in [0.5, 0.6) is 0 Å². The zero-order valence-corrected chi connectivity index (χ0v) is 9.09. The zero-order chi connectivity index (χ0) is 10.1. The van der Waals surface area contributed by atoms with E-state index < -0.39 is 0 Å². The quantitative estimate of drug-likeness (QED) is 0.566. The predicted molar refractivity (Wildman–Crippen MR) is 63.1 cm³/mol. The molecule has 0 heteroatoms. The molecule has 0 aliphatic heterocycles. The van der Waals surface area contributed by atoms with E-state index >= 15 is 0 Å². The minimum absolute atomic E-state index is 1.11. The van der Waals surface area contributed by atoms with Crippen molar-refractivity contribution < 1.29 is 0 Å². The van der Waals surface area contributed by atoms with Crippen molar-refractivity contribution in [2.45, 2.75) is 27.2 Å². The summed E-state index contributed by atoms with van der Waals surface area (Å²) in [4.78, 5) is 0. The second-order valence-corrected chi connectivity index (χ2v) is 4.02. The Morgan fingerprint density at radius 2 is 2.00 bits per heavy atom. The molecule has 1 aliphatic carbocycles. The van der Waals surface area contributed by atoms with E-state index in [0.717, 1.165) is 6.42 Å². The largest absolute Gasteiger partial charge is 0.0835 e. The van der Waals surface area contributed by atoms with Gasteiger partial charge in [0.2, 0.25) is 0 Å². The van der Waals surface area contributed by atoms with Crippen LogP contribution in [0.3, 0.4) is 0 Å². The van der Waals surface area contributed by atoms with E-state index in [9.17, 15) is 0 Å². The monoisotopic (exact) mass is 184 g/mol. The standard InChI is InChI=1S/C14H16/c1-4-12-8-10(2)9-13-7-5-6-11(3)14(12)13/h4-7,9H,8H2,1-3H3/b12-4-. The SMILES string of the molecule is C/C=C1/CC(C)=Cc2cccc(C)c21. The Morgan fingerprint density at radius 1 is 1.21 bits per heavy atom. The molecule has 0 N–H and O–H groups in total. The van der Waals surface area contributed by atoms with Crippen molar-refractivity contribution in [3.8, 4) is 0 Å². The van der Waals surface area contributed by atoms with E-state index in [1.165, 1.54) is 27.8 Å². The fourth-order valence-electron chi connectivity index (χ4n) is 2.20. The van der Waals surface area contributed by atoms with Gasteiger partial charge in [0, 0.05) is 0 Å². The molecular formula is C14H16. The van der Waals surface area contributed by atoms with Crippen LogP contribution in [0.15, 0.2) is 29.8 Å². The van der Waals surface area contributed by atoms with Crippen molar-refractivity contribution in [1.82, 2.24) is 0 Å². The average molecular weight is 184 g/mol. The lowest BCUT2D eigenvalue weighted by atomic mass is 9.85. The molecule has 0 aromatic heterocycles. The maximum absolute atomic E-state index is 2.30. The van der Waals surface area contributed by atoms with Crippen molar-refractivity contribution in [3.63, 3.8) is 0 Å². The zero-order valence-electron chi connectivity index (χ0n) is 9.09. The Bertz CT molecular complexity index is 420. The fraction of sp³-hybridized carbons (Fsp3) is 0.286. The van der Waals surface area contributed by atoms with Crippen LogP contribution in [0.2, 0.25) is 0 Å². The van der Waals surface area contributed by atoms with Crippen LogP contribution in [0.25, 0.3) is 11.6 Å². The van der Waals surface area contributed by atoms with Crippen molar-refractivity contribution in [2.24, 2.45) is 0 Å². The molecule has 0 saturated heterocycles. The highest BCUT2D eigenvalue weighted by molar-refractivity contribution is 5.82. The van der Waals surface area contributed by atoms with Gasteiger partial charge in [0.15, 0.2) is 0 Å². The lowest BCUT2D eigenvalue weighted by Gasteiger charge is -2.19. The molecule has 0 amide bonds. The first-order valence-electron chi connectivity index (χ1n) is 5.14. The smallest absolute Gasteiger partial charge is 0.00636 e. The number of fused-ring (bicyclic) bond motifs is 1. The van der Waals surface area contributed by atoms with E-state index in [1.54, 1.807) is 0 Å². The Balaban J connectivity index is 2.69. The van der Waals surface area contributed by atoms with Gasteiger partial charge in [-0.25, -0.2) is 0 Å². The van der Waals surface area contributed by atoms with Gasteiger partial charge in [0.25, 0.3) is 0 Å². The highest BCUT2D eigenvalue weighted by atomic mass is 14.2. The molecule has 1 aromatic carbocycles. The molecule has 0 fully saturated rings. The van der Waals surface area contributed by atoms with Gasteiger partial charge in [0.05, 0.1) is 0 Å². The Kier molecular flexibility index (Phi) is 2.28. The van der Waals surface area contributed by atoms with Gasteiger partial charge in [-0.1, -0.05) is 35.9 Å². The molecule has 0 heterocycles. The molecule has 0 saturated carbocycles. The molecule has 0 radical (unpaired) electrons. The first-order valence-corrected chi connectivity index (χ1v) is 5.14. The molecule has 0 atom stereocenters. The van der Waals surface area contributed by atoms with Gasteiger partial charge >= 0.3 is 0 Å². The Hall–Kier alpha value is -1.30. The maximum atomic E-state index is 2.30. The van der Waals surface area contributed by atoms with Crippen LogP contribution in [0.1, 0.15) is 37.0 Å². The molecule has 1 aromatic rings. The van der Waals surface area contributed by atoms with E-state index in [4.69, 9.17) is 0 Å². The van der Waals surface area contributed by atoms with E-state index in [1.807, 2.05) is 0 Å². The number of aryl methyl sites for hydroxylation is 1. The molecule has 0 spiro atoms. The van der Waals surface area contributed by atoms with Crippen LogP contribution in [0.4, 0.5) is 0 Å². The van der Waals surface area contributed by atoms with Crippen LogP contribution in [-0.2, 0) is 0 Å². The van der Waals surface area contributed by atoms with Gasteiger partial charge in [-0.05, 0) is 49.5 Å². The predicted octanol–water partition coefficient (Wildman–Crippen LogP) is 4.21. The molecule has 2 rings (SSSR count). The molecule has 0 unspecified atom stereocenters. The van der Waals surface area contributed by atoms with E-state index in [2.05, 4.69) is 51.1 Å². The highest BCUT2D eigenvalue weighted by Crippen LogP contribution is 2.34. The molecule has 0 nitrogen and oxygen atoms in total. The summed E-state index contributed by atoms with van der Waals surface area (Å²) in [5.74, 6) is 0. The second-order valence-electron chi connectivity index (χ2n) is 4.02. The summed E-state index contributed by atoms with van der Waals surface area (Å²) in [5.41, 5.74) is 7.14. The summed E-state index contributed by atoms with van der Waals surface area (Å²) in [6.07, 6.45) is 5.64. The third-order valence-electron chi connectivity index (χ3n) is 2.85. The molecule has 72 valence electrons. The summed E-state index contributed by atoms with van der Waals surface area (Å²) < 4.78 is 0. The third-order valence-corrected chi connectivity index (χ3v) is 2.85. The summed E-state index contributed by atoms with van der Waals surface area (Å²) in [6.45, 7) is 6.52. The Labute approximate surface area is 86.0 Å².